The molecule has 3 heterocycles. The van der Waals surface area contributed by atoms with E-state index in [4.69, 9.17) is 11.6 Å². The number of hydrogen-bond acceptors (Lipinski definition) is 3. The highest BCUT2D eigenvalue weighted by Gasteiger charge is 2.43. The van der Waals surface area contributed by atoms with Crippen molar-refractivity contribution in [1.82, 2.24) is 15.5 Å². The summed E-state index contributed by atoms with van der Waals surface area (Å²) in [7, 11) is 0. The topological polar surface area (TPSA) is 81.8 Å². The van der Waals surface area contributed by atoms with Crippen molar-refractivity contribution in [2.24, 2.45) is 5.41 Å². The maximum Gasteiger partial charge on any atom is 0.317 e. The number of hydrogen-bond donors (Lipinski definition) is 2. The van der Waals surface area contributed by atoms with Gasteiger partial charge >= 0.3 is 6.03 Å². The molecule has 3 aliphatic rings. The first-order valence-corrected chi connectivity index (χ1v) is 9.71. The molecule has 0 radical (unpaired) electrons. The summed E-state index contributed by atoms with van der Waals surface area (Å²) in [5.74, 6) is 0.0168. The van der Waals surface area contributed by atoms with Crippen LogP contribution in [0.25, 0.3) is 0 Å². The lowest BCUT2D eigenvalue weighted by molar-refractivity contribution is -0.120. The van der Waals surface area contributed by atoms with E-state index < -0.39 is 0 Å². The number of piperidine rings is 1. The fourth-order valence-corrected chi connectivity index (χ4v) is 4.63. The first kappa shape index (κ1) is 18.1. The number of urea groups is 1. The van der Waals surface area contributed by atoms with Crippen molar-refractivity contribution in [3.63, 3.8) is 0 Å². The highest BCUT2D eigenvalue weighted by atomic mass is 35.5. The second-order valence-corrected chi connectivity index (χ2v) is 8.19. The first-order chi connectivity index (χ1) is 13.0. The van der Waals surface area contributed by atoms with Gasteiger partial charge in [-0.15, -0.1) is 0 Å². The molecule has 3 saturated heterocycles. The van der Waals surface area contributed by atoms with Crippen molar-refractivity contribution >= 4 is 35.1 Å². The van der Waals surface area contributed by atoms with Gasteiger partial charge in [0.15, 0.2) is 0 Å². The Bertz CT molecular complexity index is 786. The number of anilines is 1. The van der Waals surface area contributed by atoms with Crippen LogP contribution < -0.4 is 15.5 Å². The van der Waals surface area contributed by atoms with Crippen molar-refractivity contribution in [3.8, 4) is 0 Å². The zero-order chi connectivity index (χ0) is 19.0. The van der Waals surface area contributed by atoms with Gasteiger partial charge in [-0.25, -0.2) is 4.79 Å². The molecule has 1 aromatic rings. The number of amides is 4. The molecule has 4 amide bonds. The van der Waals surface area contributed by atoms with E-state index in [1.807, 2.05) is 18.2 Å². The van der Waals surface area contributed by atoms with Gasteiger partial charge in [-0.1, -0.05) is 23.7 Å². The van der Waals surface area contributed by atoms with E-state index in [0.717, 1.165) is 12.8 Å². The summed E-state index contributed by atoms with van der Waals surface area (Å²) in [5.41, 5.74) is 0.537. The SMILES string of the molecule is O=C1CC2(CCCN(C(=O)NC3CC(=O)N(c4ccccc4Cl)C3)C2)CN1. The number of carbonyl (C=O) groups is 3. The van der Waals surface area contributed by atoms with Gasteiger partial charge in [0.05, 0.1) is 16.8 Å². The van der Waals surface area contributed by atoms with Crippen LogP contribution in [0.2, 0.25) is 5.02 Å². The molecular formula is C19H23ClN4O3. The number of likely N-dealkylation sites (tertiary alicyclic amines) is 1. The van der Waals surface area contributed by atoms with Crippen LogP contribution in [0, 0.1) is 5.41 Å². The normalized spacial score (nSPS) is 28.0. The molecule has 2 atom stereocenters. The summed E-state index contributed by atoms with van der Waals surface area (Å²) >= 11 is 6.20. The smallest absolute Gasteiger partial charge is 0.317 e. The highest BCUT2D eigenvalue weighted by molar-refractivity contribution is 6.33. The van der Waals surface area contributed by atoms with Gasteiger partial charge in [0.25, 0.3) is 0 Å². The Morgan fingerprint density at radius 1 is 1.30 bits per heavy atom. The Morgan fingerprint density at radius 2 is 2.11 bits per heavy atom. The Labute approximate surface area is 163 Å². The predicted molar refractivity (Wildman–Crippen MR) is 102 cm³/mol. The van der Waals surface area contributed by atoms with Crippen LogP contribution in [0.5, 0.6) is 0 Å². The Balaban J connectivity index is 1.38. The lowest BCUT2D eigenvalue weighted by Gasteiger charge is -2.39. The van der Waals surface area contributed by atoms with Gasteiger partial charge in [-0.3, -0.25) is 9.59 Å². The maximum absolute atomic E-state index is 12.7. The standard InChI is InChI=1S/C19H23ClN4O3/c20-14-4-1-2-5-15(14)24-10-13(8-17(24)26)22-18(27)23-7-3-6-19(12-23)9-16(25)21-11-19/h1-2,4-5,13H,3,6-12H2,(H,21,25)(H,22,27). The van der Waals surface area contributed by atoms with Gasteiger partial charge < -0.3 is 20.4 Å². The summed E-state index contributed by atoms with van der Waals surface area (Å²) in [6, 6.07) is 6.81. The van der Waals surface area contributed by atoms with Crippen LogP contribution in [0.3, 0.4) is 0 Å². The van der Waals surface area contributed by atoms with Gasteiger partial charge in [0, 0.05) is 44.4 Å². The van der Waals surface area contributed by atoms with Crippen LogP contribution in [-0.4, -0.2) is 55.0 Å². The summed E-state index contributed by atoms with van der Waals surface area (Å²) in [5, 5.41) is 6.40. The van der Waals surface area contributed by atoms with Crippen LogP contribution in [-0.2, 0) is 9.59 Å². The van der Waals surface area contributed by atoms with E-state index >= 15 is 0 Å². The van der Waals surface area contributed by atoms with Gasteiger partial charge in [-0.2, -0.15) is 0 Å². The number of benzene rings is 1. The van der Waals surface area contributed by atoms with Crippen LogP contribution in [0.4, 0.5) is 10.5 Å². The van der Waals surface area contributed by atoms with E-state index in [-0.39, 0.29) is 35.7 Å². The first-order valence-electron chi connectivity index (χ1n) is 9.33. The molecule has 3 fully saturated rings. The minimum Gasteiger partial charge on any atom is -0.355 e. The zero-order valence-corrected chi connectivity index (χ0v) is 15.8. The van der Waals surface area contributed by atoms with Crippen molar-refractivity contribution < 1.29 is 14.4 Å². The molecule has 3 aliphatic heterocycles. The van der Waals surface area contributed by atoms with Crippen LogP contribution in [0.1, 0.15) is 25.7 Å². The number of nitrogens with one attached hydrogen (secondary N) is 2. The quantitative estimate of drug-likeness (QED) is 0.807. The zero-order valence-electron chi connectivity index (χ0n) is 15.0. The lowest BCUT2D eigenvalue weighted by Crippen LogP contribution is -2.52. The molecule has 27 heavy (non-hydrogen) atoms. The molecule has 8 heteroatoms. The Hall–Kier alpha value is -2.28. The fourth-order valence-electron chi connectivity index (χ4n) is 4.40. The van der Waals surface area contributed by atoms with Crippen molar-refractivity contribution in [3.05, 3.63) is 29.3 Å². The summed E-state index contributed by atoms with van der Waals surface area (Å²) in [6.45, 7) is 2.30. The molecule has 1 aromatic carbocycles. The monoisotopic (exact) mass is 390 g/mol. The number of nitrogens with zero attached hydrogens (tertiary/aromatic N) is 2. The van der Waals surface area contributed by atoms with Crippen LogP contribution >= 0.6 is 11.6 Å². The molecule has 2 unspecified atom stereocenters. The highest BCUT2D eigenvalue weighted by Crippen LogP contribution is 2.36. The van der Waals surface area contributed by atoms with Gasteiger partial charge in [-0.05, 0) is 25.0 Å². The molecule has 0 saturated carbocycles. The largest absolute Gasteiger partial charge is 0.355 e. The molecular weight excluding hydrogens is 368 g/mol. The van der Waals surface area contributed by atoms with Gasteiger partial charge in [0.2, 0.25) is 11.8 Å². The number of carbonyl (C=O) groups excluding carboxylic acids is 3. The number of halogens is 1. The molecule has 2 N–H and O–H groups in total. The van der Waals surface area contributed by atoms with E-state index in [1.165, 1.54) is 0 Å². The summed E-state index contributed by atoms with van der Waals surface area (Å²) < 4.78 is 0. The van der Waals surface area contributed by atoms with E-state index in [1.54, 1.807) is 15.9 Å². The second kappa shape index (κ2) is 7.03. The molecule has 4 rings (SSSR count). The number of para-hydroxylation sites is 1. The lowest BCUT2D eigenvalue weighted by atomic mass is 9.79. The van der Waals surface area contributed by atoms with E-state index in [9.17, 15) is 14.4 Å². The minimum atomic E-state index is -0.248. The average molecular weight is 391 g/mol. The maximum atomic E-state index is 12.7. The fraction of sp³-hybridized carbons (Fsp3) is 0.526. The second-order valence-electron chi connectivity index (χ2n) is 7.78. The third-order valence-electron chi connectivity index (χ3n) is 5.74. The third-order valence-corrected chi connectivity index (χ3v) is 6.06. The average Bonchev–Trinajstić information content (AvgIpc) is 3.18. The number of rotatable bonds is 2. The molecule has 0 aliphatic carbocycles. The molecule has 144 valence electrons. The van der Waals surface area contributed by atoms with Gasteiger partial charge in [0.1, 0.15) is 0 Å². The Kier molecular flexibility index (Phi) is 4.72. The van der Waals surface area contributed by atoms with Crippen LogP contribution in [0.15, 0.2) is 24.3 Å². The summed E-state index contributed by atoms with van der Waals surface area (Å²) in [4.78, 5) is 40.2. The van der Waals surface area contributed by atoms with E-state index in [2.05, 4.69) is 10.6 Å². The molecule has 1 spiro atoms. The van der Waals surface area contributed by atoms with Crippen molar-refractivity contribution in [2.75, 3.05) is 31.1 Å². The predicted octanol–water partition coefficient (Wildman–Crippen LogP) is 1.76. The van der Waals surface area contributed by atoms with E-state index in [0.29, 0.717) is 43.3 Å². The molecule has 0 bridgehead atoms. The minimum absolute atomic E-state index is 0.0471. The third kappa shape index (κ3) is 3.60. The van der Waals surface area contributed by atoms with Crippen molar-refractivity contribution in [2.45, 2.75) is 31.7 Å². The molecule has 7 nitrogen and oxygen atoms in total. The van der Waals surface area contributed by atoms with Crippen molar-refractivity contribution in [1.29, 1.82) is 0 Å². The Morgan fingerprint density at radius 3 is 2.85 bits per heavy atom. The summed E-state index contributed by atoms with van der Waals surface area (Å²) in [6.07, 6.45) is 2.59. The molecule has 0 aromatic heterocycles.